The molecule has 0 radical (unpaired) electrons. The lowest BCUT2D eigenvalue weighted by Crippen LogP contribution is -2.47. The number of aromatic amines is 1. The van der Waals surface area contributed by atoms with E-state index in [2.05, 4.69) is 44.7 Å². The van der Waals surface area contributed by atoms with Crippen molar-refractivity contribution in [2.45, 2.75) is 156 Å². The normalized spacial score (nSPS) is 12.0. The number of ether oxygens (including phenoxy) is 2. The smallest absolute Gasteiger partial charge is 0.408 e. The van der Waals surface area contributed by atoms with Gasteiger partial charge >= 0.3 is 17.8 Å². The van der Waals surface area contributed by atoms with Gasteiger partial charge in [-0.15, -0.1) is 0 Å². The summed E-state index contributed by atoms with van der Waals surface area (Å²) in [7, 11) is 0. The fourth-order valence-corrected chi connectivity index (χ4v) is 7.01. The number of carbonyl (C=O) groups is 3. The van der Waals surface area contributed by atoms with Crippen molar-refractivity contribution in [3.63, 3.8) is 0 Å². The molecule has 3 aromatic rings. The van der Waals surface area contributed by atoms with Crippen LogP contribution in [0.3, 0.4) is 0 Å². The van der Waals surface area contributed by atoms with Gasteiger partial charge < -0.3 is 36.1 Å². The molecule has 0 bridgehead atoms. The number of nitrogens with zero attached hydrogens (tertiary/aromatic N) is 3. The number of benzene rings is 1. The Morgan fingerprint density at radius 1 is 0.877 bits per heavy atom. The van der Waals surface area contributed by atoms with E-state index < -0.39 is 23.6 Å². The lowest BCUT2D eigenvalue weighted by molar-refractivity contribution is -0.143. The Balaban J connectivity index is 1.43. The lowest BCUT2D eigenvalue weighted by Gasteiger charge is -2.23. The van der Waals surface area contributed by atoms with Crippen LogP contribution in [0.5, 0.6) is 0 Å². The van der Waals surface area contributed by atoms with Crippen molar-refractivity contribution in [2.75, 3.05) is 41.0 Å². The minimum absolute atomic E-state index is 0.182. The number of anilines is 3. The molecule has 1 aromatic carbocycles. The average molecular weight is 813 g/mol. The highest BCUT2D eigenvalue weighted by atomic mass is 32.2. The van der Waals surface area contributed by atoms with Crippen LogP contribution in [0.1, 0.15) is 143 Å². The van der Waals surface area contributed by atoms with E-state index in [0.29, 0.717) is 41.5 Å². The van der Waals surface area contributed by atoms with Crippen LogP contribution in [0.2, 0.25) is 0 Å². The first kappa shape index (κ1) is 47.1. The fourth-order valence-electron chi connectivity index (χ4n) is 6.17. The molecule has 0 aliphatic rings. The molecule has 57 heavy (non-hydrogen) atoms. The molecule has 2 aromatic heterocycles. The van der Waals surface area contributed by atoms with Crippen molar-refractivity contribution >= 4 is 58.3 Å². The van der Waals surface area contributed by atoms with E-state index in [1.54, 1.807) is 45.0 Å². The van der Waals surface area contributed by atoms with Gasteiger partial charge in [0.05, 0.1) is 6.54 Å². The molecule has 0 aliphatic carbocycles. The molecule has 6 N–H and O–H groups in total. The van der Waals surface area contributed by atoms with E-state index in [1.807, 2.05) is 0 Å². The van der Waals surface area contributed by atoms with Crippen LogP contribution in [0.15, 0.2) is 29.1 Å². The van der Waals surface area contributed by atoms with E-state index in [4.69, 9.17) is 15.2 Å². The highest BCUT2D eigenvalue weighted by Gasteiger charge is 2.25. The molecule has 1 atom stereocenters. The summed E-state index contributed by atoms with van der Waals surface area (Å²) >= 11 is 1.40. The van der Waals surface area contributed by atoms with Crippen LogP contribution >= 0.6 is 11.8 Å². The zero-order chi connectivity index (χ0) is 41.5. The number of H-pyrrole nitrogens is 1. The number of nitrogens with one attached hydrogen (secondary N) is 4. The second kappa shape index (κ2) is 25.9. The Hall–Kier alpha value is -4.27. The molecule has 14 nitrogen and oxygen atoms in total. The number of amides is 2. The number of nitrogen functional groups attached to an aromatic ring is 1. The molecule has 2 heterocycles. The van der Waals surface area contributed by atoms with Crippen LogP contribution < -0.4 is 27.4 Å². The van der Waals surface area contributed by atoms with Gasteiger partial charge in [-0.2, -0.15) is 21.7 Å². The van der Waals surface area contributed by atoms with E-state index in [0.717, 1.165) is 37.7 Å². The molecular weight excluding hydrogens is 745 g/mol. The summed E-state index contributed by atoms with van der Waals surface area (Å²) in [5.41, 5.74) is 7.07. The van der Waals surface area contributed by atoms with E-state index in [9.17, 15) is 19.2 Å². The average Bonchev–Trinajstić information content (AvgIpc) is 3.47. The molecule has 2 amide bonds. The molecule has 3 rings (SSSR count). The number of imidazole rings is 1. The maximum atomic E-state index is 13.4. The third-order valence-electron chi connectivity index (χ3n) is 9.29. The number of alkyl carbamates (subject to hydrolysis) is 1. The molecule has 0 fully saturated rings. The minimum Gasteiger partial charge on any atom is -0.465 e. The van der Waals surface area contributed by atoms with Crippen molar-refractivity contribution in [3.8, 4) is 0 Å². The second-order valence-corrected chi connectivity index (χ2v) is 16.8. The molecule has 1 unspecified atom stereocenters. The Kier molecular flexibility index (Phi) is 21.4. The third-order valence-corrected chi connectivity index (χ3v) is 10.3. The molecule has 318 valence electrons. The molecule has 15 heteroatoms. The van der Waals surface area contributed by atoms with E-state index >= 15 is 0 Å². The molecule has 0 aliphatic heterocycles. The topological polar surface area (TPSA) is 195 Å². The van der Waals surface area contributed by atoms with Crippen LogP contribution in [-0.4, -0.2) is 73.8 Å². The first-order chi connectivity index (χ1) is 27.4. The van der Waals surface area contributed by atoms with E-state index in [1.165, 1.54) is 80.5 Å². The summed E-state index contributed by atoms with van der Waals surface area (Å²) in [6.07, 6.45) is 17.9. The second-order valence-electron chi connectivity index (χ2n) is 15.6. The van der Waals surface area contributed by atoms with Crippen molar-refractivity contribution in [1.82, 2.24) is 24.8 Å². The predicted octanol–water partition coefficient (Wildman–Crippen LogP) is 8.55. The summed E-state index contributed by atoms with van der Waals surface area (Å²) in [5, 5.41) is 8.70. The summed E-state index contributed by atoms with van der Waals surface area (Å²) in [5.74, 6) is 0.612. The molecule has 0 saturated heterocycles. The Morgan fingerprint density at radius 3 is 2.11 bits per heavy atom. The van der Waals surface area contributed by atoms with Gasteiger partial charge in [0.1, 0.15) is 23.8 Å². The number of carbonyl (C=O) groups excluding carboxylic acids is 3. The number of aromatic nitrogens is 4. The van der Waals surface area contributed by atoms with Crippen molar-refractivity contribution in [2.24, 2.45) is 0 Å². The van der Waals surface area contributed by atoms with Gasteiger partial charge in [-0.25, -0.2) is 9.59 Å². The molecule has 0 saturated carbocycles. The lowest BCUT2D eigenvalue weighted by atomic mass is 10.0. The predicted molar refractivity (Wildman–Crippen MR) is 232 cm³/mol. The number of rotatable bonds is 28. The Bertz CT molecular complexity index is 1710. The van der Waals surface area contributed by atoms with Crippen molar-refractivity contribution in [1.29, 1.82) is 0 Å². The quantitative estimate of drug-likeness (QED) is 0.0348. The number of nitrogens with two attached hydrogens (primary N) is 1. The van der Waals surface area contributed by atoms with Crippen LogP contribution in [0, 0.1) is 0 Å². The van der Waals surface area contributed by atoms with Gasteiger partial charge in [-0.05, 0) is 51.3 Å². The first-order valence-electron chi connectivity index (χ1n) is 21.0. The maximum Gasteiger partial charge on any atom is 0.408 e. The van der Waals surface area contributed by atoms with Crippen molar-refractivity contribution < 1.29 is 23.9 Å². The number of hydrogen-bond donors (Lipinski definition) is 5. The number of fused-ring (bicyclic) bond motifs is 1. The number of hydrogen-bond acceptors (Lipinski definition) is 11. The summed E-state index contributed by atoms with van der Waals surface area (Å²) in [6, 6.07) is 6.12. The zero-order valence-corrected chi connectivity index (χ0v) is 35.8. The third kappa shape index (κ3) is 18.7. The van der Waals surface area contributed by atoms with Gasteiger partial charge in [0.25, 0.3) is 0 Å². The van der Waals surface area contributed by atoms with E-state index in [-0.39, 0.29) is 36.4 Å². The largest absolute Gasteiger partial charge is 0.465 e. The standard InChI is InChI=1S/C42H68N8O6S/c1-6-8-10-11-12-13-14-15-16-17-18-19-20-21-34(51)55-27-28-57-30-33(46-41(54)56-42(3,4)5)38(52)45-32-24-22-31(23-25-32)29-50-37-35(47-40(50)53)36(43)48-39(49-37)44-26-9-7-2/h22-25,33H,6-21,26-30H2,1-5H3,(H,45,52)(H,46,54)(H,47,53)(H3,43,44,48,49). The van der Waals surface area contributed by atoms with Gasteiger partial charge in [-0.1, -0.05) is 109 Å². The summed E-state index contributed by atoms with van der Waals surface area (Å²) < 4.78 is 12.3. The first-order valence-corrected chi connectivity index (χ1v) is 22.2. The number of thioether (sulfide) groups is 1. The summed E-state index contributed by atoms with van der Waals surface area (Å²) in [6.45, 7) is 10.7. The van der Waals surface area contributed by atoms with Gasteiger partial charge in [0.2, 0.25) is 11.9 Å². The van der Waals surface area contributed by atoms with Gasteiger partial charge in [0, 0.05) is 30.2 Å². The van der Waals surface area contributed by atoms with Crippen molar-refractivity contribution in [3.05, 3.63) is 40.3 Å². The minimum atomic E-state index is -0.916. The van der Waals surface area contributed by atoms with Gasteiger partial charge in [0.15, 0.2) is 11.5 Å². The Labute approximate surface area is 343 Å². The van der Waals surface area contributed by atoms with Crippen LogP contribution in [-0.2, 0) is 25.6 Å². The highest BCUT2D eigenvalue weighted by molar-refractivity contribution is 7.99. The van der Waals surface area contributed by atoms with Crippen LogP contribution in [0.4, 0.5) is 22.2 Å². The fraction of sp³-hybridized carbons (Fsp3) is 0.667. The summed E-state index contributed by atoms with van der Waals surface area (Å²) in [4.78, 5) is 62.8. The monoisotopic (exact) mass is 812 g/mol. The number of unbranched alkanes of at least 4 members (excludes halogenated alkanes) is 13. The number of esters is 1. The van der Waals surface area contributed by atoms with Gasteiger partial charge in [-0.3, -0.25) is 14.2 Å². The zero-order valence-electron chi connectivity index (χ0n) is 35.0. The molecule has 0 spiro atoms. The maximum absolute atomic E-state index is 13.4. The van der Waals surface area contributed by atoms with Crippen LogP contribution in [0.25, 0.3) is 11.2 Å². The highest BCUT2D eigenvalue weighted by Crippen LogP contribution is 2.19. The Morgan fingerprint density at radius 2 is 1.49 bits per heavy atom. The molecular formula is C42H68N8O6S. The SMILES string of the molecule is CCCCCCCCCCCCCCCC(=O)OCCSCC(NC(=O)OC(C)(C)C)C(=O)Nc1ccc(Cn2c(=O)[nH]c3c(N)nc(NCCCC)nc32)cc1.